The zero-order valence-corrected chi connectivity index (χ0v) is 20.2. The molecule has 2 aromatic heterocycles. The van der Waals surface area contributed by atoms with Crippen molar-refractivity contribution in [2.24, 2.45) is 0 Å². The highest BCUT2D eigenvalue weighted by Gasteiger charge is 2.36. The summed E-state index contributed by atoms with van der Waals surface area (Å²) in [4.78, 5) is 27.1. The minimum Gasteiger partial charge on any atom is -0.494 e. The second-order valence-corrected chi connectivity index (χ2v) is 9.74. The minimum absolute atomic E-state index is 0.147. The molecule has 9 nitrogen and oxygen atoms in total. The summed E-state index contributed by atoms with van der Waals surface area (Å²) in [6, 6.07) is 9.32. The molecule has 1 saturated heterocycles. The summed E-state index contributed by atoms with van der Waals surface area (Å²) in [6.07, 6.45) is 3.70. The molecule has 1 aliphatic rings. The molecule has 0 radical (unpaired) electrons. The van der Waals surface area contributed by atoms with E-state index in [-0.39, 0.29) is 18.2 Å². The van der Waals surface area contributed by atoms with E-state index in [4.69, 9.17) is 9.47 Å². The molecule has 0 spiro atoms. The van der Waals surface area contributed by atoms with Crippen molar-refractivity contribution in [1.29, 1.82) is 0 Å². The van der Waals surface area contributed by atoms with Gasteiger partial charge in [0, 0.05) is 31.0 Å². The average molecular weight is 469 g/mol. The number of hydrogen-bond acceptors (Lipinski definition) is 6. The number of ether oxygens (including phenoxy) is 2. The largest absolute Gasteiger partial charge is 0.494 e. The second-order valence-electron chi connectivity index (χ2n) is 9.74. The van der Waals surface area contributed by atoms with Crippen LogP contribution in [0.2, 0.25) is 0 Å². The van der Waals surface area contributed by atoms with Crippen molar-refractivity contribution in [3.8, 4) is 17.0 Å². The monoisotopic (exact) mass is 468 g/mol. The van der Waals surface area contributed by atoms with E-state index < -0.39 is 11.2 Å². The molecule has 182 valence electrons. The van der Waals surface area contributed by atoms with Gasteiger partial charge in [0.2, 0.25) is 0 Å². The number of aromatic nitrogens is 3. The molecule has 9 heteroatoms. The number of fused-ring (bicyclic) bond motifs is 1. The standard InChI is InChI=1S/C25H32N4O5/c1-5-33-19-8-6-18(7-9-19)20-16-21-22(30)28(14-15-29(21)26-20)17-25(32)10-12-27(13-11-25)23(31)34-24(2,3)4/h6-9,14-16,32H,5,10-13,17H2,1-4H3. The molecular formula is C25H32N4O5. The van der Waals surface area contributed by atoms with E-state index in [1.165, 1.54) is 4.57 Å². The molecule has 3 aromatic rings. The number of hydrogen-bond donors (Lipinski definition) is 1. The summed E-state index contributed by atoms with van der Waals surface area (Å²) >= 11 is 0. The average Bonchev–Trinajstić information content (AvgIpc) is 3.21. The first-order valence-electron chi connectivity index (χ1n) is 11.6. The Balaban J connectivity index is 1.48. The lowest BCUT2D eigenvalue weighted by Crippen LogP contribution is -2.50. The summed E-state index contributed by atoms with van der Waals surface area (Å²) in [6.45, 7) is 8.89. The third kappa shape index (κ3) is 5.25. The lowest BCUT2D eigenvalue weighted by molar-refractivity contribution is -0.0418. The molecule has 0 unspecified atom stereocenters. The quantitative estimate of drug-likeness (QED) is 0.617. The van der Waals surface area contributed by atoms with E-state index in [0.717, 1.165) is 11.3 Å². The third-order valence-electron chi connectivity index (χ3n) is 5.88. The van der Waals surface area contributed by atoms with Crippen LogP contribution in [0.5, 0.6) is 5.75 Å². The van der Waals surface area contributed by atoms with Gasteiger partial charge in [-0.05, 0) is 70.9 Å². The highest BCUT2D eigenvalue weighted by Crippen LogP contribution is 2.26. The molecule has 0 atom stereocenters. The Hall–Kier alpha value is -3.33. The van der Waals surface area contributed by atoms with E-state index in [0.29, 0.717) is 43.7 Å². The molecule has 0 bridgehead atoms. The maximum Gasteiger partial charge on any atom is 0.410 e. The molecular weight excluding hydrogens is 436 g/mol. The van der Waals surface area contributed by atoms with Gasteiger partial charge in [-0.2, -0.15) is 5.10 Å². The lowest BCUT2D eigenvalue weighted by atomic mass is 9.91. The summed E-state index contributed by atoms with van der Waals surface area (Å²) in [5, 5.41) is 15.7. The van der Waals surface area contributed by atoms with Gasteiger partial charge in [-0.25, -0.2) is 9.31 Å². The van der Waals surface area contributed by atoms with Gasteiger partial charge in [-0.15, -0.1) is 0 Å². The fourth-order valence-corrected chi connectivity index (χ4v) is 4.09. The third-order valence-corrected chi connectivity index (χ3v) is 5.88. The van der Waals surface area contributed by atoms with Crippen LogP contribution in [0.1, 0.15) is 40.5 Å². The van der Waals surface area contributed by atoms with Crippen molar-refractivity contribution in [1.82, 2.24) is 19.1 Å². The molecule has 0 aliphatic carbocycles. The van der Waals surface area contributed by atoms with Gasteiger partial charge in [0.1, 0.15) is 16.9 Å². The van der Waals surface area contributed by atoms with Gasteiger partial charge in [-0.3, -0.25) is 4.79 Å². The highest BCUT2D eigenvalue weighted by molar-refractivity contribution is 5.68. The molecule has 0 saturated carbocycles. The van der Waals surface area contributed by atoms with Gasteiger partial charge in [0.05, 0.1) is 24.4 Å². The Morgan fingerprint density at radius 3 is 2.44 bits per heavy atom. The number of carbonyl (C=O) groups is 1. The first-order valence-corrected chi connectivity index (χ1v) is 11.6. The van der Waals surface area contributed by atoms with Crippen molar-refractivity contribution in [2.75, 3.05) is 19.7 Å². The van der Waals surface area contributed by atoms with Crippen LogP contribution in [0, 0.1) is 0 Å². The smallest absolute Gasteiger partial charge is 0.410 e. The first kappa shape index (κ1) is 23.8. The van der Waals surface area contributed by atoms with Gasteiger partial charge in [0.15, 0.2) is 0 Å². The second kappa shape index (κ2) is 9.13. The normalized spacial score (nSPS) is 16.0. The molecule has 34 heavy (non-hydrogen) atoms. The van der Waals surface area contributed by atoms with Crippen LogP contribution in [-0.2, 0) is 11.3 Å². The minimum atomic E-state index is -1.08. The first-order chi connectivity index (χ1) is 16.1. The Kier molecular flexibility index (Phi) is 6.40. The zero-order chi connectivity index (χ0) is 24.5. The number of piperidine rings is 1. The number of rotatable bonds is 5. The predicted octanol–water partition coefficient (Wildman–Crippen LogP) is 3.32. The lowest BCUT2D eigenvalue weighted by Gasteiger charge is -2.38. The summed E-state index contributed by atoms with van der Waals surface area (Å²) < 4.78 is 14.0. The Labute approximate surface area is 198 Å². The van der Waals surface area contributed by atoms with Gasteiger partial charge in [-0.1, -0.05) is 0 Å². The number of benzene rings is 1. The van der Waals surface area contributed by atoms with Gasteiger partial charge >= 0.3 is 6.09 Å². The number of likely N-dealkylation sites (tertiary alicyclic amines) is 1. The van der Waals surface area contributed by atoms with Crippen LogP contribution < -0.4 is 10.3 Å². The predicted molar refractivity (Wildman–Crippen MR) is 128 cm³/mol. The van der Waals surface area contributed by atoms with Crippen LogP contribution in [-0.4, -0.2) is 61.2 Å². The molecule has 1 amide bonds. The Bertz CT molecular complexity index is 1210. The van der Waals surface area contributed by atoms with E-state index in [1.54, 1.807) is 27.9 Å². The van der Waals surface area contributed by atoms with Crippen molar-refractivity contribution >= 4 is 11.6 Å². The van der Waals surface area contributed by atoms with Crippen molar-refractivity contribution in [3.63, 3.8) is 0 Å². The summed E-state index contributed by atoms with van der Waals surface area (Å²) in [5.41, 5.74) is 0.117. The maximum absolute atomic E-state index is 13.1. The van der Waals surface area contributed by atoms with Crippen LogP contribution >= 0.6 is 0 Å². The van der Waals surface area contributed by atoms with Crippen LogP contribution in [0.25, 0.3) is 16.8 Å². The van der Waals surface area contributed by atoms with Crippen LogP contribution in [0.15, 0.2) is 47.5 Å². The summed E-state index contributed by atoms with van der Waals surface area (Å²) in [7, 11) is 0. The van der Waals surface area contributed by atoms with Gasteiger partial charge in [0.25, 0.3) is 5.56 Å². The molecule has 1 fully saturated rings. The number of aliphatic hydroxyl groups is 1. The van der Waals surface area contributed by atoms with Crippen molar-refractivity contribution in [2.45, 2.75) is 58.3 Å². The van der Waals surface area contributed by atoms with Crippen LogP contribution in [0.3, 0.4) is 0 Å². The van der Waals surface area contributed by atoms with Crippen molar-refractivity contribution < 1.29 is 19.4 Å². The fraction of sp³-hybridized carbons (Fsp3) is 0.480. The molecule has 1 aromatic carbocycles. The fourth-order valence-electron chi connectivity index (χ4n) is 4.09. The van der Waals surface area contributed by atoms with E-state index >= 15 is 0 Å². The van der Waals surface area contributed by atoms with Crippen molar-refractivity contribution in [3.05, 3.63) is 53.1 Å². The number of carbonyl (C=O) groups excluding carboxylic acids is 1. The molecule has 3 heterocycles. The zero-order valence-electron chi connectivity index (χ0n) is 20.2. The Morgan fingerprint density at radius 1 is 1.15 bits per heavy atom. The SMILES string of the molecule is CCOc1ccc(-c2cc3c(=O)n(CC4(O)CCN(C(=O)OC(C)(C)C)CC4)ccn3n2)cc1. The molecule has 1 N–H and O–H groups in total. The topological polar surface area (TPSA) is 98.3 Å². The maximum atomic E-state index is 13.1. The van der Waals surface area contributed by atoms with Crippen LogP contribution in [0.4, 0.5) is 4.79 Å². The highest BCUT2D eigenvalue weighted by atomic mass is 16.6. The van der Waals surface area contributed by atoms with E-state index in [1.807, 2.05) is 52.0 Å². The molecule has 4 rings (SSSR count). The van der Waals surface area contributed by atoms with E-state index in [2.05, 4.69) is 5.10 Å². The number of amides is 1. The van der Waals surface area contributed by atoms with E-state index in [9.17, 15) is 14.7 Å². The van der Waals surface area contributed by atoms with Gasteiger partial charge < -0.3 is 24.0 Å². The number of nitrogens with zero attached hydrogens (tertiary/aromatic N) is 4. The Morgan fingerprint density at radius 2 is 1.82 bits per heavy atom. The molecule has 1 aliphatic heterocycles. The summed E-state index contributed by atoms with van der Waals surface area (Å²) in [5.74, 6) is 0.781.